The third kappa shape index (κ3) is 3.93. The molecule has 1 amide bonds. The number of carbonyl (C=O) groups excluding carboxylic acids is 1. The van der Waals surface area contributed by atoms with Crippen LogP contribution in [0.25, 0.3) is 17.0 Å². The van der Waals surface area contributed by atoms with E-state index in [9.17, 15) is 4.79 Å². The monoisotopic (exact) mass is 406 g/mol. The first-order valence-corrected chi connectivity index (χ1v) is 9.48. The zero-order valence-electron chi connectivity index (χ0n) is 16.0. The molecule has 2 aromatic carbocycles. The van der Waals surface area contributed by atoms with Crippen LogP contribution >= 0.6 is 11.6 Å². The van der Waals surface area contributed by atoms with Gasteiger partial charge in [0.2, 0.25) is 0 Å². The summed E-state index contributed by atoms with van der Waals surface area (Å²) in [4.78, 5) is 18.5. The molecule has 0 radical (unpaired) electrons. The van der Waals surface area contributed by atoms with E-state index < -0.39 is 0 Å². The topological polar surface area (TPSA) is 64.2 Å². The van der Waals surface area contributed by atoms with E-state index >= 15 is 0 Å². The fraction of sp³-hybridized carbons (Fsp3) is 0.136. The lowest BCUT2D eigenvalue weighted by molar-refractivity contribution is 0.0711. The summed E-state index contributed by atoms with van der Waals surface area (Å²) < 4.78 is 7.48. The molecule has 0 aliphatic carbocycles. The summed E-state index contributed by atoms with van der Waals surface area (Å²) in [5.74, 6) is 0.741. The van der Waals surface area contributed by atoms with Gasteiger partial charge in [-0.2, -0.15) is 5.10 Å². The van der Waals surface area contributed by atoms with Crippen molar-refractivity contribution >= 4 is 17.5 Å². The maximum absolute atomic E-state index is 12.9. The fourth-order valence-corrected chi connectivity index (χ4v) is 3.17. The molecule has 29 heavy (non-hydrogen) atoms. The van der Waals surface area contributed by atoms with E-state index in [0.717, 1.165) is 16.8 Å². The van der Waals surface area contributed by atoms with Crippen LogP contribution < -0.4 is 0 Å². The van der Waals surface area contributed by atoms with Gasteiger partial charge in [-0.25, -0.2) is 9.67 Å². The fourth-order valence-electron chi connectivity index (χ4n) is 3.04. The third-order valence-electron chi connectivity index (χ3n) is 4.91. The Bertz CT molecular complexity index is 1100. The molecule has 1 atom stereocenters. The van der Waals surface area contributed by atoms with Gasteiger partial charge in [-0.15, -0.1) is 0 Å². The predicted molar refractivity (Wildman–Crippen MR) is 111 cm³/mol. The SMILES string of the molecule is CC(c1ccc(-n2cncn2)cc1)N(C)C(=O)c1ccc(-c2ccc(Cl)cc2)o1. The summed E-state index contributed by atoms with van der Waals surface area (Å²) >= 11 is 5.93. The minimum Gasteiger partial charge on any atom is -0.451 e. The number of rotatable bonds is 5. The van der Waals surface area contributed by atoms with Crippen LogP contribution in [0, 0.1) is 0 Å². The van der Waals surface area contributed by atoms with Crippen molar-refractivity contribution in [3.05, 3.63) is 89.7 Å². The van der Waals surface area contributed by atoms with Crippen molar-refractivity contribution in [1.29, 1.82) is 0 Å². The second-order valence-corrected chi connectivity index (χ2v) is 7.13. The van der Waals surface area contributed by atoms with Gasteiger partial charge in [-0.1, -0.05) is 23.7 Å². The van der Waals surface area contributed by atoms with Crippen molar-refractivity contribution in [3.8, 4) is 17.0 Å². The molecule has 6 nitrogen and oxygen atoms in total. The highest BCUT2D eigenvalue weighted by Crippen LogP contribution is 2.26. The van der Waals surface area contributed by atoms with E-state index in [1.807, 2.05) is 43.3 Å². The van der Waals surface area contributed by atoms with Gasteiger partial charge >= 0.3 is 0 Å². The van der Waals surface area contributed by atoms with Crippen LogP contribution in [0.4, 0.5) is 0 Å². The summed E-state index contributed by atoms with van der Waals surface area (Å²) in [6.45, 7) is 1.98. The molecule has 0 bridgehead atoms. The molecular weight excluding hydrogens is 388 g/mol. The van der Waals surface area contributed by atoms with Gasteiger partial charge in [0.15, 0.2) is 5.76 Å². The van der Waals surface area contributed by atoms with Crippen LogP contribution in [0.3, 0.4) is 0 Å². The Labute approximate surface area is 173 Å². The molecule has 2 aromatic heterocycles. The lowest BCUT2D eigenvalue weighted by Gasteiger charge is -2.24. The van der Waals surface area contributed by atoms with Gasteiger partial charge in [0.1, 0.15) is 18.4 Å². The maximum Gasteiger partial charge on any atom is 0.289 e. The normalized spacial score (nSPS) is 12.0. The highest BCUT2D eigenvalue weighted by Gasteiger charge is 2.22. The molecule has 0 aliphatic heterocycles. The average molecular weight is 407 g/mol. The van der Waals surface area contributed by atoms with Gasteiger partial charge in [0.05, 0.1) is 11.7 Å². The zero-order valence-corrected chi connectivity index (χ0v) is 16.7. The smallest absolute Gasteiger partial charge is 0.289 e. The second kappa shape index (κ2) is 7.93. The minimum absolute atomic E-state index is 0.128. The van der Waals surface area contributed by atoms with E-state index in [0.29, 0.717) is 16.5 Å². The average Bonchev–Trinajstić information content (AvgIpc) is 3.45. The van der Waals surface area contributed by atoms with Crippen molar-refractivity contribution in [2.45, 2.75) is 13.0 Å². The molecule has 146 valence electrons. The number of carbonyl (C=O) groups is 1. The van der Waals surface area contributed by atoms with E-state index in [-0.39, 0.29) is 11.9 Å². The quantitative estimate of drug-likeness (QED) is 0.467. The van der Waals surface area contributed by atoms with E-state index in [4.69, 9.17) is 16.0 Å². The number of amides is 1. The summed E-state index contributed by atoms with van der Waals surface area (Å²) in [5, 5.41) is 4.77. The molecule has 0 N–H and O–H groups in total. The second-order valence-electron chi connectivity index (χ2n) is 6.69. The first-order valence-electron chi connectivity index (χ1n) is 9.11. The molecule has 0 saturated heterocycles. The molecule has 0 saturated carbocycles. The van der Waals surface area contributed by atoms with Gasteiger partial charge in [-0.05, 0) is 61.0 Å². The van der Waals surface area contributed by atoms with Crippen LogP contribution in [-0.4, -0.2) is 32.6 Å². The van der Waals surface area contributed by atoms with Crippen molar-refractivity contribution < 1.29 is 9.21 Å². The minimum atomic E-state index is -0.182. The number of nitrogens with zero attached hydrogens (tertiary/aromatic N) is 4. The first-order chi connectivity index (χ1) is 14.0. The van der Waals surface area contributed by atoms with Crippen LogP contribution in [0.2, 0.25) is 5.02 Å². The maximum atomic E-state index is 12.9. The number of halogens is 1. The third-order valence-corrected chi connectivity index (χ3v) is 5.16. The highest BCUT2D eigenvalue weighted by atomic mass is 35.5. The largest absolute Gasteiger partial charge is 0.451 e. The van der Waals surface area contributed by atoms with Crippen molar-refractivity contribution in [1.82, 2.24) is 19.7 Å². The molecule has 4 aromatic rings. The number of hydrogen-bond acceptors (Lipinski definition) is 4. The van der Waals surface area contributed by atoms with E-state index in [2.05, 4.69) is 10.1 Å². The summed E-state index contributed by atoms with van der Waals surface area (Å²) in [5.41, 5.74) is 2.79. The Kier molecular flexibility index (Phi) is 5.18. The van der Waals surface area contributed by atoms with E-state index in [1.54, 1.807) is 47.2 Å². The summed E-state index contributed by atoms with van der Waals surface area (Å²) in [6.07, 6.45) is 3.13. The number of benzene rings is 2. The predicted octanol–water partition coefficient (Wildman–Crippen LogP) is 5.01. The summed E-state index contributed by atoms with van der Waals surface area (Å²) in [6, 6.07) is 18.5. The van der Waals surface area contributed by atoms with Crippen LogP contribution in [0.5, 0.6) is 0 Å². The molecule has 7 heteroatoms. The Morgan fingerprint density at radius 2 is 1.79 bits per heavy atom. The number of furan rings is 1. The van der Waals surface area contributed by atoms with Gasteiger partial charge in [-0.3, -0.25) is 4.79 Å². The van der Waals surface area contributed by atoms with Crippen LogP contribution in [0.15, 0.2) is 77.7 Å². The van der Waals surface area contributed by atoms with Crippen molar-refractivity contribution in [2.24, 2.45) is 0 Å². The van der Waals surface area contributed by atoms with Crippen LogP contribution in [0.1, 0.15) is 29.1 Å². The summed E-state index contributed by atoms with van der Waals surface area (Å²) in [7, 11) is 1.77. The molecule has 2 heterocycles. The van der Waals surface area contributed by atoms with Crippen LogP contribution in [-0.2, 0) is 0 Å². The zero-order chi connectivity index (χ0) is 20.4. The first kappa shape index (κ1) is 19.0. The Morgan fingerprint density at radius 1 is 1.07 bits per heavy atom. The molecule has 1 unspecified atom stereocenters. The number of hydrogen-bond donors (Lipinski definition) is 0. The Hall–Kier alpha value is -3.38. The standard InChI is InChI=1S/C22H19ClN4O2/c1-15(16-5-9-19(10-6-16)27-14-24-13-25-27)26(2)22(28)21-12-11-20(29-21)17-3-7-18(23)8-4-17/h3-15H,1-2H3. The van der Waals surface area contributed by atoms with E-state index in [1.165, 1.54) is 6.33 Å². The molecule has 0 fully saturated rings. The molecule has 4 rings (SSSR count). The van der Waals surface area contributed by atoms with Crippen molar-refractivity contribution in [2.75, 3.05) is 7.05 Å². The van der Waals surface area contributed by atoms with Gasteiger partial charge in [0, 0.05) is 17.6 Å². The molecular formula is C22H19ClN4O2. The Balaban J connectivity index is 1.49. The van der Waals surface area contributed by atoms with Gasteiger partial charge < -0.3 is 9.32 Å². The number of aromatic nitrogens is 3. The molecule has 0 aliphatic rings. The van der Waals surface area contributed by atoms with Crippen molar-refractivity contribution in [3.63, 3.8) is 0 Å². The van der Waals surface area contributed by atoms with Gasteiger partial charge in [0.25, 0.3) is 5.91 Å². The highest BCUT2D eigenvalue weighted by molar-refractivity contribution is 6.30. The lowest BCUT2D eigenvalue weighted by Crippen LogP contribution is -2.29. The molecule has 0 spiro atoms. The Morgan fingerprint density at radius 3 is 2.45 bits per heavy atom. The lowest BCUT2D eigenvalue weighted by atomic mass is 10.1.